The van der Waals surface area contributed by atoms with Gasteiger partial charge in [-0.25, -0.2) is 4.99 Å². The standard InChI is InChI=1S/C17H26N4O2.HI/c1-3-19-17(21-8-7-14(11-21)12-23-2)20-10-13-5-4-6-15(9-13)16(18)22;/h4-6,9,14H,3,7-8,10-12H2,1-2H3,(H2,18,22)(H,19,20);1H. The van der Waals surface area contributed by atoms with Gasteiger partial charge in [0.15, 0.2) is 5.96 Å². The van der Waals surface area contributed by atoms with Crippen LogP contribution in [0.2, 0.25) is 0 Å². The number of benzene rings is 1. The number of nitrogens with zero attached hydrogens (tertiary/aromatic N) is 2. The van der Waals surface area contributed by atoms with E-state index in [-0.39, 0.29) is 24.0 Å². The highest BCUT2D eigenvalue weighted by atomic mass is 127. The van der Waals surface area contributed by atoms with E-state index in [1.54, 1.807) is 19.2 Å². The lowest BCUT2D eigenvalue weighted by atomic mass is 10.1. The number of hydrogen-bond donors (Lipinski definition) is 2. The second-order valence-corrected chi connectivity index (χ2v) is 5.79. The highest BCUT2D eigenvalue weighted by molar-refractivity contribution is 14.0. The number of aliphatic imine (C=N–C) groups is 1. The van der Waals surface area contributed by atoms with Gasteiger partial charge in [-0.1, -0.05) is 12.1 Å². The van der Waals surface area contributed by atoms with Crippen LogP contribution in [-0.4, -0.2) is 50.1 Å². The number of rotatable bonds is 6. The minimum Gasteiger partial charge on any atom is -0.384 e. The van der Waals surface area contributed by atoms with Crippen LogP contribution in [0.4, 0.5) is 0 Å². The summed E-state index contributed by atoms with van der Waals surface area (Å²) < 4.78 is 5.25. The average molecular weight is 446 g/mol. The molecule has 1 aromatic carbocycles. The number of halogens is 1. The Morgan fingerprint density at radius 3 is 2.96 bits per heavy atom. The van der Waals surface area contributed by atoms with Gasteiger partial charge in [-0.05, 0) is 31.0 Å². The van der Waals surface area contributed by atoms with Crippen LogP contribution in [0.15, 0.2) is 29.3 Å². The lowest BCUT2D eigenvalue weighted by molar-refractivity contribution is 0.1000. The zero-order valence-electron chi connectivity index (χ0n) is 14.3. The third-order valence-corrected chi connectivity index (χ3v) is 3.95. The monoisotopic (exact) mass is 446 g/mol. The van der Waals surface area contributed by atoms with E-state index in [4.69, 9.17) is 15.5 Å². The van der Waals surface area contributed by atoms with E-state index >= 15 is 0 Å². The summed E-state index contributed by atoms with van der Waals surface area (Å²) in [6, 6.07) is 7.31. The zero-order chi connectivity index (χ0) is 16.7. The molecule has 1 aliphatic heterocycles. The Balaban J connectivity index is 0.00000288. The zero-order valence-corrected chi connectivity index (χ0v) is 16.7. The number of primary amides is 1. The molecule has 0 saturated carbocycles. The van der Waals surface area contributed by atoms with Crippen molar-refractivity contribution in [2.24, 2.45) is 16.6 Å². The molecule has 6 nitrogen and oxygen atoms in total. The summed E-state index contributed by atoms with van der Waals surface area (Å²) in [5, 5.41) is 3.34. The van der Waals surface area contributed by atoms with Gasteiger partial charge in [0.05, 0.1) is 13.2 Å². The maximum atomic E-state index is 11.3. The Hall–Kier alpha value is -1.35. The maximum absolute atomic E-state index is 11.3. The summed E-state index contributed by atoms with van der Waals surface area (Å²) in [6.45, 7) is 6.14. The van der Waals surface area contributed by atoms with E-state index in [9.17, 15) is 4.79 Å². The van der Waals surface area contributed by atoms with E-state index in [0.29, 0.717) is 18.0 Å². The molecule has 0 spiro atoms. The van der Waals surface area contributed by atoms with Crippen molar-refractivity contribution in [1.29, 1.82) is 0 Å². The molecule has 2 rings (SSSR count). The Bertz CT molecular complexity index is 565. The molecule has 0 bridgehead atoms. The van der Waals surface area contributed by atoms with Gasteiger partial charge in [-0.15, -0.1) is 24.0 Å². The predicted molar refractivity (Wildman–Crippen MR) is 107 cm³/mol. The summed E-state index contributed by atoms with van der Waals surface area (Å²) in [5.41, 5.74) is 6.82. The normalized spacial score (nSPS) is 17.5. The van der Waals surface area contributed by atoms with E-state index in [0.717, 1.165) is 44.2 Å². The Morgan fingerprint density at radius 1 is 1.50 bits per heavy atom. The van der Waals surface area contributed by atoms with Crippen molar-refractivity contribution in [3.63, 3.8) is 0 Å². The van der Waals surface area contributed by atoms with Crippen LogP contribution >= 0.6 is 24.0 Å². The topological polar surface area (TPSA) is 79.9 Å². The van der Waals surface area contributed by atoms with Gasteiger partial charge in [-0.2, -0.15) is 0 Å². The first-order valence-electron chi connectivity index (χ1n) is 8.05. The van der Waals surface area contributed by atoms with Crippen LogP contribution in [0.1, 0.15) is 29.3 Å². The van der Waals surface area contributed by atoms with Crippen LogP contribution in [0.3, 0.4) is 0 Å². The van der Waals surface area contributed by atoms with Crippen LogP contribution in [0, 0.1) is 5.92 Å². The molecule has 24 heavy (non-hydrogen) atoms. The smallest absolute Gasteiger partial charge is 0.248 e. The number of hydrogen-bond acceptors (Lipinski definition) is 3. The van der Waals surface area contributed by atoms with Crippen LogP contribution in [-0.2, 0) is 11.3 Å². The van der Waals surface area contributed by atoms with E-state index < -0.39 is 5.91 Å². The average Bonchev–Trinajstić information content (AvgIpc) is 3.00. The van der Waals surface area contributed by atoms with Gasteiger partial charge >= 0.3 is 0 Å². The van der Waals surface area contributed by atoms with E-state index in [1.807, 2.05) is 12.1 Å². The van der Waals surface area contributed by atoms with Gasteiger partial charge < -0.3 is 20.7 Å². The molecule has 134 valence electrons. The molecule has 1 saturated heterocycles. The Kier molecular flexibility index (Phi) is 9.05. The van der Waals surface area contributed by atoms with Crippen LogP contribution in [0.25, 0.3) is 0 Å². The number of nitrogens with one attached hydrogen (secondary N) is 1. The fraction of sp³-hybridized carbons (Fsp3) is 0.529. The van der Waals surface area contributed by atoms with Crippen molar-refractivity contribution in [1.82, 2.24) is 10.2 Å². The number of methoxy groups -OCH3 is 1. The number of nitrogens with two attached hydrogens (primary N) is 1. The number of guanidine groups is 1. The third-order valence-electron chi connectivity index (χ3n) is 3.95. The fourth-order valence-corrected chi connectivity index (χ4v) is 2.81. The van der Waals surface area contributed by atoms with Crippen LogP contribution in [0.5, 0.6) is 0 Å². The molecule has 1 unspecified atom stereocenters. The molecule has 0 aliphatic carbocycles. The minimum absolute atomic E-state index is 0. The number of carbonyl (C=O) groups excluding carboxylic acids is 1. The molecular formula is C17H27IN4O2. The number of likely N-dealkylation sites (tertiary alicyclic amines) is 1. The molecular weight excluding hydrogens is 419 g/mol. The van der Waals surface area contributed by atoms with Gasteiger partial charge in [-0.3, -0.25) is 4.79 Å². The predicted octanol–water partition coefficient (Wildman–Crippen LogP) is 1.84. The molecule has 1 aliphatic rings. The molecule has 1 amide bonds. The largest absolute Gasteiger partial charge is 0.384 e. The number of amides is 1. The summed E-state index contributed by atoms with van der Waals surface area (Å²) in [4.78, 5) is 18.2. The molecule has 7 heteroatoms. The van der Waals surface area contributed by atoms with Gasteiger partial charge in [0.1, 0.15) is 0 Å². The van der Waals surface area contributed by atoms with Crippen molar-refractivity contribution in [3.05, 3.63) is 35.4 Å². The lowest BCUT2D eigenvalue weighted by Crippen LogP contribution is -2.40. The van der Waals surface area contributed by atoms with Gasteiger partial charge in [0, 0.05) is 38.2 Å². The quantitative estimate of drug-likeness (QED) is 0.397. The molecule has 3 N–H and O–H groups in total. The first kappa shape index (κ1) is 20.7. The van der Waals surface area contributed by atoms with Crippen molar-refractivity contribution in [3.8, 4) is 0 Å². The van der Waals surface area contributed by atoms with Crippen LogP contribution < -0.4 is 11.1 Å². The van der Waals surface area contributed by atoms with Crippen molar-refractivity contribution in [2.75, 3.05) is 33.4 Å². The molecule has 1 heterocycles. The summed E-state index contributed by atoms with van der Waals surface area (Å²) >= 11 is 0. The van der Waals surface area contributed by atoms with Crippen molar-refractivity contribution in [2.45, 2.75) is 19.9 Å². The highest BCUT2D eigenvalue weighted by Gasteiger charge is 2.24. The van der Waals surface area contributed by atoms with Crippen molar-refractivity contribution < 1.29 is 9.53 Å². The first-order chi connectivity index (χ1) is 11.1. The number of ether oxygens (including phenoxy) is 1. The Morgan fingerprint density at radius 2 is 2.29 bits per heavy atom. The fourth-order valence-electron chi connectivity index (χ4n) is 2.81. The maximum Gasteiger partial charge on any atom is 0.248 e. The Labute approximate surface area is 160 Å². The number of carbonyl (C=O) groups is 1. The second kappa shape index (κ2) is 10.5. The van der Waals surface area contributed by atoms with E-state index in [1.165, 1.54) is 0 Å². The van der Waals surface area contributed by atoms with Gasteiger partial charge in [0.2, 0.25) is 5.91 Å². The van der Waals surface area contributed by atoms with Gasteiger partial charge in [0.25, 0.3) is 0 Å². The molecule has 0 aromatic heterocycles. The summed E-state index contributed by atoms with van der Waals surface area (Å²) in [5.74, 6) is 1.06. The molecule has 1 fully saturated rings. The lowest BCUT2D eigenvalue weighted by Gasteiger charge is -2.21. The SMILES string of the molecule is CCNC(=NCc1cccc(C(N)=O)c1)N1CCC(COC)C1.I. The first-order valence-corrected chi connectivity index (χ1v) is 8.05. The minimum atomic E-state index is -0.412. The van der Waals surface area contributed by atoms with E-state index in [2.05, 4.69) is 17.1 Å². The summed E-state index contributed by atoms with van der Waals surface area (Å²) in [6.07, 6.45) is 1.12. The highest BCUT2D eigenvalue weighted by Crippen LogP contribution is 2.16. The molecule has 1 aromatic rings. The summed E-state index contributed by atoms with van der Waals surface area (Å²) in [7, 11) is 1.74. The molecule has 0 radical (unpaired) electrons. The second-order valence-electron chi connectivity index (χ2n) is 5.79. The molecule has 1 atom stereocenters. The van der Waals surface area contributed by atoms with Crippen molar-refractivity contribution >= 4 is 35.8 Å². The third kappa shape index (κ3) is 5.94.